The number of hydrogen-bond acceptors (Lipinski definition) is 4. The fourth-order valence-electron chi connectivity index (χ4n) is 3.34. The lowest BCUT2D eigenvalue weighted by Gasteiger charge is -2.08. The molecule has 0 saturated carbocycles. The van der Waals surface area contributed by atoms with Crippen LogP contribution in [-0.2, 0) is 20.7 Å². The Morgan fingerprint density at radius 2 is 1.81 bits per heavy atom. The zero-order valence-electron chi connectivity index (χ0n) is 17.6. The molecule has 7 nitrogen and oxygen atoms in total. The Bertz CT molecular complexity index is 1050. The molecular weight excluding hydrogens is 401 g/mol. The fraction of sp³-hybridized carbons (Fsp3) is 0.304. The average Bonchev–Trinajstić information content (AvgIpc) is 3.14. The molecule has 0 fully saturated rings. The predicted octanol–water partition coefficient (Wildman–Crippen LogP) is 2.79. The highest BCUT2D eigenvalue weighted by molar-refractivity contribution is 5.92. The lowest BCUT2D eigenvalue weighted by molar-refractivity contribution is -0.126. The monoisotopic (exact) mass is 427 g/mol. The van der Waals surface area contributed by atoms with Crippen LogP contribution in [0.2, 0.25) is 0 Å². The van der Waals surface area contributed by atoms with Crippen molar-refractivity contribution in [2.45, 2.75) is 12.8 Å². The van der Waals surface area contributed by atoms with Gasteiger partial charge in [0.2, 0.25) is 11.8 Å². The average molecular weight is 427 g/mol. The van der Waals surface area contributed by atoms with Gasteiger partial charge in [-0.2, -0.15) is 0 Å². The zero-order valence-corrected chi connectivity index (χ0v) is 17.6. The molecular formula is C23H26FN3O4. The van der Waals surface area contributed by atoms with Crippen molar-refractivity contribution in [2.24, 2.45) is 0 Å². The molecule has 0 unspecified atom stereocenters. The van der Waals surface area contributed by atoms with Crippen molar-refractivity contribution < 1.29 is 23.5 Å². The van der Waals surface area contributed by atoms with Crippen molar-refractivity contribution >= 4 is 22.7 Å². The normalized spacial score (nSPS) is 10.8. The maximum atomic E-state index is 13.9. The molecule has 0 bridgehead atoms. The molecule has 8 heteroatoms. The van der Waals surface area contributed by atoms with E-state index >= 15 is 0 Å². The number of carbonyl (C=O) groups excluding carboxylic acids is 2. The highest BCUT2D eigenvalue weighted by Crippen LogP contribution is 2.32. The Kier molecular flexibility index (Phi) is 7.61. The number of benzene rings is 2. The number of halogens is 1. The number of carbonyl (C=O) groups is 2. The Balaban J connectivity index is 1.73. The van der Waals surface area contributed by atoms with Crippen LogP contribution in [0.1, 0.15) is 12.0 Å². The van der Waals surface area contributed by atoms with Gasteiger partial charge in [0, 0.05) is 36.7 Å². The first kappa shape index (κ1) is 22.3. The second-order valence-electron chi connectivity index (χ2n) is 7.02. The number of aromatic amines is 1. The predicted molar refractivity (Wildman–Crippen MR) is 116 cm³/mol. The van der Waals surface area contributed by atoms with Crippen LogP contribution in [0.15, 0.2) is 42.5 Å². The Morgan fingerprint density at radius 3 is 2.52 bits per heavy atom. The third-order valence-electron chi connectivity index (χ3n) is 4.92. The van der Waals surface area contributed by atoms with Gasteiger partial charge in [0.1, 0.15) is 11.6 Å². The van der Waals surface area contributed by atoms with E-state index in [1.807, 2.05) is 24.3 Å². The van der Waals surface area contributed by atoms with Crippen molar-refractivity contribution in [1.29, 1.82) is 0 Å². The van der Waals surface area contributed by atoms with Crippen molar-refractivity contribution in [3.05, 3.63) is 53.8 Å². The van der Waals surface area contributed by atoms with Gasteiger partial charge in [-0.1, -0.05) is 0 Å². The molecule has 164 valence electrons. The second-order valence-corrected chi connectivity index (χ2v) is 7.02. The van der Waals surface area contributed by atoms with Crippen LogP contribution in [0.4, 0.5) is 4.39 Å². The molecule has 0 saturated heterocycles. The van der Waals surface area contributed by atoms with Gasteiger partial charge in [-0.3, -0.25) is 9.59 Å². The summed E-state index contributed by atoms with van der Waals surface area (Å²) in [7, 11) is 3.15. The maximum Gasteiger partial charge on any atom is 0.239 e. The van der Waals surface area contributed by atoms with E-state index in [0.29, 0.717) is 19.6 Å². The Hall–Kier alpha value is -3.39. The summed E-state index contributed by atoms with van der Waals surface area (Å²) < 4.78 is 24.0. The van der Waals surface area contributed by atoms with Crippen LogP contribution in [0.3, 0.4) is 0 Å². The number of aryl methyl sites for hydroxylation is 1. The number of methoxy groups -OCH3 is 2. The molecule has 31 heavy (non-hydrogen) atoms. The largest absolute Gasteiger partial charge is 0.497 e. The third-order valence-corrected chi connectivity index (χ3v) is 4.92. The first-order valence-corrected chi connectivity index (χ1v) is 9.98. The molecule has 1 aromatic heterocycles. The summed E-state index contributed by atoms with van der Waals surface area (Å²) >= 11 is 0. The van der Waals surface area contributed by atoms with Crippen LogP contribution in [0.25, 0.3) is 22.2 Å². The highest BCUT2D eigenvalue weighted by atomic mass is 19.1. The van der Waals surface area contributed by atoms with Crippen molar-refractivity contribution in [3.63, 3.8) is 0 Å². The van der Waals surface area contributed by atoms with Gasteiger partial charge in [-0.05, 0) is 60.0 Å². The molecule has 2 aromatic carbocycles. The number of amides is 2. The van der Waals surface area contributed by atoms with Crippen LogP contribution < -0.4 is 15.4 Å². The SMILES string of the molecule is COCCNC(=O)CNC(=O)CCc1c(-c2ccc(OC)cc2)[nH]c2ccc(F)cc12. The summed E-state index contributed by atoms with van der Waals surface area (Å²) in [5.41, 5.74) is 3.37. The van der Waals surface area contributed by atoms with Crippen molar-refractivity contribution in [2.75, 3.05) is 33.9 Å². The fourth-order valence-corrected chi connectivity index (χ4v) is 3.34. The molecule has 0 atom stereocenters. The summed E-state index contributed by atoms with van der Waals surface area (Å²) in [6, 6.07) is 12.1. The molecule has 1 heterocycles. The van der Waals surface area contributed by atoms with Gasteiger partial charge in [0.15, 0.2) is 0 Å². The number of fused-ring (bicyclic) bond motifs is 1. The van der Waals surface area contributed by atoms with Gasteiger partial charge in [-0.15, -0.1) is 0 Å². The molecule has 2 amide bonds. The van der Waals surface area contributed by atoms with Crippen molar-refractivity contribution in [1.82, 2.24) is 15.6 Å². The van der Waals surface area contributed by atoms with Crippen LogP contribution >= 0.6 is 0 Å². The van der Waals surface area contributed by atoms with Crippen molar-refractivity contribution in [3.8, 4) is 17.0 Å². The summed E-state index contributed by atoms with van der Waals surface area (Å²) in [5.74, 6) is -0.145. The molecule has 0 aliphatic heterocycles. The molecule has 0 radical (unpaired) electrons. The molecule has 0 aliphatic rings. The zero-order chi connectivity index (χ0) is 22.2. The topological polar surface area (TPSA) is 92.5 Å². The highest BCUT2D eigenvalue weighted by Gasteiger charge is 2.16. The summed E-state index contributed by atoms with van der Waals surface area (Å²) in [6.45, 7) is 0.693. The Morgan fingerprint density at radius 1 is 1.03 bits per heavy atom. The number of hydrogen-bond donors (Lipinski definition) is 3. The van der Waals surface area contributed by atoms with Gasteiger partial charge in [0.25, 0.3) is 0 Å². The van der Waals surface area contributed by atoms with E-state index in [4.69, 9.17) is 9.47 Å². The van der Waals surface area contributed by atoms with Gasteiger partial charge in [0.05, 0.1) is 20.3 Å². The van der Waals surface area contributed by atoms with Gasteiger partial charge >= 0.3 is 0 Å². The summed E-state index contributed by atoms with van der Waals surface area (Å²) in [6.07, 6.45) is 0.555. The molecule has 3 N–H and O–H groups in total. The minimum Gasteiger partial charge on any atom is -0.497 e. The summed E-state index contributed by atoms with van der Waals surface area (Å²) in [5, 5.41) is 5.99. The minimum absolute atomic E-state index is 0.101. The maximum absolute atomic E-state index is 13.9. The first-order chi connectivity index (χ1) is 15.0. The lowest BCUT2D eigenvalue weighted by Crippen LogP contribution is -2.38. The van der Waals surface area contributed by atoms with E-state index in [9.17, 15) is 14.0 Å². The standard InChI is InChI=1S/C23H26FN3O4/c1-30-12-11-25-22(29)14-26-21(28)10-8-18-19-13-16(24)5-9-20(19)27-23(18)15-3-6-17(31-2)7-4-15/h3-7,9,13,27H,8,10-12,14H2,1-2H3,(H,25,29)(H,26,28). The van der Waals surface area contributed by atoms with E-state index in [1.165, 1.54) is 12.1 Å². The van der Waals surface area contributed by atoms with Gasteiger partial charge in [-0.25, -0.2) is 4.39 Å². The quantitative estimate of drug-likeness (QED) is 0.434. The molecule has 0 spiro atoms. The Labute approximate surface area is 179 Å². The number of nitrogens with one attached hydrogen (secondary N) is 3. The minimum atomic E-state index is -0.341. The van der Waals surface area contributed by atoms with Crippen LogP contribution in [-0.4, -0.2) is 50.7 Å². The number of rotatable bonds is 10. The number of H-pyrrole nitrogens is 1. The van der Waals surface area contributed by atoms with E-state index in [1.54, 1.807) is 20.3 Å². The smallest absolute Gasteiger partial charge is 0.239 e. The molecule has 0 aliphatic carbocycles. The van der Waals surface area contributed by atoms with Crippen LogP contribution in [0, 0.1) is 5.82 Å². The third kappa shape index (κ3) is 5.82. The number of ether oxygens (including phenoxy) is 2. The first-order valence-electron chi connectivity index (χ1n) is 9.98. The number of aromatic nitrogens is 1. The van der Waals surface area contributed by atoms with Crippen LogP contribution in [0.5, 0.6) is 5.75 Å². The van der Waals surface area contributed by atoms with E-state index in [2.05, 4.69) is 15.6 Å². The van der Waals surface area contributed by atoms with E-state index in [-0.39, 0.29) is 30.6 Å². The molecule has 3 rings (SSSR count). The van der Waals surface area contributed by atoms with E-state index < -0.39 is 0 Å². The van der Waals surface area contributed by atoms with Gasteiger partial charge < -0.3 is 25.1 Å². The van der Waals surface area contributed by atoms with E-state index in [0.717, 1.165) is 33.5 Å². The summed E-state index contributed by atoms with van der Waals surface area (Å²) in [4.78, 5) is 27.3. The lowest BCUT2D eigenvalue weighted by atomic mass is 10.0. The molecule has 3 aromatic rings. The second kappa shape index (κ2) is 10.6.